The fourth-order valence-electron chi connectivity index (χ4n) is 4.26. The van der Waals surface area contributed by atoms with Crippen molar-refractivity contribution in [1.82, 2.24) is 4.90 Å². The largest absolute Gasteiger partial charge is 0.478 e. The summed E-state index contributed by atoms with van der Waals surface area (Å²) in [4.78, 5) is 14.1. The number of aliphatic carboxylic acids is 1. The van der Waals surface area contributed by atoms with E-state index in [9.17, 15) is 14.3 Å². The third-order valence-corrected chi connectivity index (χ3v) is 7.22. The van der Waals surface area contributed by atoms with Crippen LogP contribution in [0.15, 0.2) is 48.2 Å². The Morgan fingerprint density at radius 3 is 2.48 bits per heavy atom. The highest BCUT2D eigenvalue weighted by Crippen LogP contribution is 2.31. The molecule has 29 heavy (non-hydrogen) atoms. The van der Waals surface area contributed by atoms with Crippen molar-refractivity contribution in [1.29, 1.82) is 0 Å². The zero-order chi connectivity index (χ0) is 20.5. The Bertz CT molecular complexity index is 708. The first kappa shape index (κ1) is 21.9. The summed E-state index contributed by atoms with van der Waals surface area (Å²) in [5.41, 5.74) is 1.60. The van der Waals surface area contributed by atoms with Crippen LogP contribution >= 0.6 is 11.8 Å². The average Bonchev–Trinajstić information content (AvgIpc) is 2.69. The molecule has 0 aromatic heterocycles. The van der Waals surface area contributed by atoms with Crippen molar-refractivity contribution in [2.24, 2.45) is 5.92 Å². The first-order chi connectivity index (χ1) is 14.1. The van der Waals surface area contributed by atoms with E-state index >= 15 is 0 Å². The number of nitrogens with zero attached hydrogens (tertiary/aromatic N) is 1. The van der Waals surface area contributed by atoms with Crippen LogP contribution in [0.2, 0.25) is 0 Å². The number of rotatable bonds is 8. The number of hydrogen-bond acceptors (Lipinski definition) is 3. The van der Waals surface area contributed by atoms with Gasteiger partial charge in [-0.05, 0) is 67.2 Å². The molecule has 2 aliphatic rings. The summed E-state index contributed by atoms with van der Waals surface area (Å²) in [6.45, 7) is 0.941. The molecule has 1 aliphatic heterocycles. The van der Waals surface area contributed by atoms with Crippen molar-refractivity contribution in [2.75, 3.05) is 12.3 Å². The Morgan fingerprint density at radius 2 is 1.79 bits per heavy atom. The van der Waals surface area contributed by atoms with Crippen LogP contribution in [-0.2, 0) is 11.2 Å². The number of carboxylic acids is 1. The van der Waals surface area contributed by atoms with Crippen LogP contribution in [0.5, 0.6) is 0 Å². The average molecular weight is 418 g/mol. The van der Waals surface area contributed by atoms with Crippen LogP contribution in [0.25, 0.3) is 0 Å². The highest BCUT2D eigenvalue weighted by atomic mass is 32.2. The van der Waals surface area contributed by atoms with Crippen LogP contribution in [0.3, 0.4) is 0 Å². The van der Waals surface area contributed by atoms with Crippen molar-refractivity contribution in [3.63, 3.8) is 0 Å². The maximum absolute atomic E-state index is 13.0. The van der Waals surface area contributed by atoms with E-state index in [1.807, 2.05) is 18.2 Å². The molecule has 1 heterocycles. The molecule has 1 fully saturated rings. The van der Waals surface area contributed by atoms with Crippen LogP contribution in [-0.4, -0.2) is 33.6 Å². The summed E-state index contributed by atoms with van der Waals surface area (Å²) in [5.74, 6) is 0.489. The van der Waals surface area contributed by atoms with Gasteiger partial charge in [0.05, 0.1) is 5.57 Å². The van der Waals surface area contributed by atoms with Crippen molar-refractivity contribution < 1.29 is 14.3 Å². The highest BCUT2D eigenvalue weighted by molar-refractivity contribution is 8.00. The minimum atomic E-state index is -0.826. The first-order valence-corrected chi connectivity index (χ1v) is 11.9. The Balaban J connectivity index is 1.56. The summed E-state index contributed by atoms with van der Waals surface area (Å²) in [5, 5.41) is 9.57. The number of allylic oxidation sites excluding steroid dienone is 2. The van der Waals surface area contributed by atoms with Crippen molar-refractivity contribution in [3.05, 3.63) is 59.6 Å². The van der Waals surface area contributed by atoms with E-state index < -0.39 is 5.97 Å². The molecule has 1 aliphatic carbocycles. The van der Waals surface area contributed by atoms with Crippen molar-refractivity contribution >= 4 is 17.7 Å². The molecule has 158 valence electrons. The molecule has 1 aromatic rings. The molecule has 0 radical (unpaired) electrons. The minimum absolute atomic E-state index is 0.129. The van der Waals surface area contributed by atoms with Gasteiger partial charge in [-0.15, -0.1) is 11.8 Å². The van der Waals surface area contributed by atoms with Gasteiger partial charge in [0.2, 0.25) is 0 Å². The molecule has 1 aromatic carbocycles. The second kappa shape index (κ2) is 11.4. The Hall–Kier alpha value is -1.75. The number of halogens is 1. The molecule has 3 rings (SSSR count). The number of carbonyl (C=O) groups is 1. The number of hydrogen-bond donors (Lipinski definition) is 1. The molecule has 1 N–H and O–H groups in total. The molecule has 0 bridgehead atoms. The third kappa shape index (κ3) is 6.91. The monoisotopic (exact) mass is 417 g/mol. The Labute approximate surface area is 178 Å². The smallest absolute Gasteiger partial charge is 0.334 e. The van der Waals surface area contributed by atoms with Gasteiger partial charge in [-0.2, -0.15) is 0 Å². The lowest BCUT2D eigenvalue weighted by Crippen LogP contribution is -2.38. The quantitative estimate of drug-likeness (QED) is 0.525. The molecule has 1 saturated carbocycles. The highest BCUT2D eigenvalue weighted by Gasteiger charge is 2.29. The normalized spacial score (nSPS) is 20.8. The molecule has 1 unspecified atom stereocenters. The van der Waals surface area contributed by atoms with E-state index in [2.05, 4.69) is 11.1 Å². The lowest BCUT2D eigenvalue weighted by atomic mass is 9.90. The van der Waals surface area contributed by atoms with E-state index in [0.717, 1.165) is 30.7 Å². The van der Waals surface area contributed by atoms with E-state index in [4.69, 9.17) is 0 Å². The standard InChI is InChI=1S/C24H32FNO2S/c25-21-14-12-19(13-15-21)10-7-17-29-23-22(24(27)28)11-6-16-26(23)18-20-8-4-2-1-3-5-9-20/h6,11-16,20,23H,1-5,7-10,17-18H2,(H,27,28). The molecular formula is C24H32FNO2S. The summed E-state index contributed by atoms with van der Waals surface area (Å²) in [7, 11) is 0. The summed E-state index contributed by atoms with van der Waals surface area (Å²) >= 11 is 1.71. The second-order valence-electron chi connectivity index (χ2n) is 8.13. The maximum atomic E-state index is 13.0. The molecule has 3 nitrogen and oxygen atoms in total. The SMILES string of the molecule is O=C(O)C1=CC=CN(CC2CCCCCCC2)C1SCCCc1ccc(F)cc1. The van der Waals surface area contributed by atoms with Gasteiger partial charge < -0.3 is 10.0 Å². The van der Waals surface area contributed by atoms with Crippen LogP contribution < -0.4 is 0 Å². The fraction of sp³-hybridized carbons (Fsp3) is 0.542. The molecule has 1 atom stereocenters. The number of thioether (sulfide) groups is 1. The minimum Gasteiger partial charge on any atom is -0.478 e. The number of aryl methyl sites for hydroxylation is 1. The second-order valence-corrected chi connectivity index (χ2v) is 9.32. The number of carboxylic acid groups (broad SMARTS) is 1. The van der Waals surface area contributed by atoms with Gasteiger partial charge in [0.25, 0.3) is 0 Å². The zero-order valence-corrected chi connectivity index (χ0v) is 17.9. The van der Waals surface area contributed by atoms with Crippen molar-refractivity contribution in [3.8, 4) is 0 Å². The lowest BCUT2D eigenvalue weighted by molar-refractivity contribution is -0.133. The van der Waals surface area contributed by atoms with E-state index in [1.165, 1.54) is 57.1 Å². The van der Waals surface area contributed by atoms with Gasteiger partial charge in [0.1, 0.15) is 11.2 Å². The predicted octanol–water partition coefficient (Wildman–Crippen LogP) is 6.02. The fourth-order valence-corrected chi connectivity index (χ4v) is 5.50. The molecular weight excluding hydrogens is 385 g/mol. The van der Waals surface area contributed by atoms with Crippen LogP contribution in [0, 0.1) is 11.7 Å². The number of benzene rings is 1. The van der Waals surface area contributed by atoms with Gasteiger partial charge in [0.15, 0.2) is 0 Å². The van der Waals surface area contributed by atoms with Gasteiger partial charge in [-0.3, -0.25) is 0 Å². The van der Waals surface area contributed by atoms with Crippen LogP contribution in [0.4, 0.5) is 4.39 Å². The summed E-state index contributed by atoms with van der Waals surface area (Å²) in [6, 6.07) is 6.65. The lowest BCUT2D eigenvalue weighted by Gasteiger charge is -2.36. The van der Waals surface area contributed by atoms with E-state index in [1.54, 1.807) is 17.8 Å². The van der Waals surface area contributed by atoms with Gasteiger partial charge in [0, 0.05) is 12.7 Å². The topological polar surface area (TPSA) is 40.5 Å². The Kier molecular flexibility index (Phi) is 8.66. The van der Waals surface area contributed by atoms with Gasteiger partial charge in [-0.25, -0.2) is 9.18 Å². The zero-order valence-electron chi connectivity index (χ0n) is 17.1. The third-order valence-electron chi connectivity index (χ3n) is 5.86. The predicted molar refractivity (Wildman–Crippen MR) is 118 cm³/mol. The molecule has 0 amide bonds. The maximum Gasteiger partial charge on any atom is 0.334 e. The van der Waals surface area contributed by atoms with Gasteiger partial charge >= 0.3 is 5.97 Å². The summed E-state index contributed by atoms with van der Waals surface area (Å²) < 4.78 is 13.0. The molecule has 0 spiro atoms. The van der Waals surface area contributed by atoms with Gasteiger partial charge in [-0.1, -0.05) is 44.2 Å². The summed E-state index contributed by atoms with van der Waals surface area (Å²) in [6.07, 6.45) is 16.6. The van der Waals surface area contributed by atoms with Crippen LogP contribution in [0.1, 0.15) is 56.9 Å². The van der Waals surface area contributed by atoms with E-state index in [-0.39, 0.29) is 11.2 Å². The first-order valence-electron chi connectivity index (χ1n) is 10.9. The molecule has 5 heteroatoms. The Morgan fingerprint density at radius 1 is 1.10 bits per heavy atom. The molecule has 0 saturated heterocycles. The van der Waals surface area contributed by atoms with E-state index in [0.29, 0.717) is 11.5 Å². The van der Waals surface area contributed by atoms with Crippen molar-refractivity contribution in [2.45, 2.75) is 63.2 Å².